The van der Waals surface area contributed by atoms with Gasteiger partial charge >= 0.3 is 0 Å². The van der Waals surface area contributed by atoms with Crippen molar-refractivity contribution in [2.24, 2.45) is 11.5 Å². The van der Waals surface area contributed by atoms with Gasteiger partial charge in [-0.2, -0.15) is 0 Å². The Balaban J connectivity index is 1.57. The van der Waals surface area contributed by atoms with Gasteiger partial charge in [-0.1, -0.05) is 71.4 Å². The van der Waals surface area contributed by atoms with Gasteiger partial charge in [0.1, 0.15) is 12.1 Å². The third-order valence-corrected chi connectivity index (χ3v) is 11.0. The fraction of sp³-hybridized carbons (Fsp3) is 0.378. The van der Waals surface area contributed by atoms with Crippen molar-refractivity contribution in [3.63, 3.8) is 0 Å². The number of unbranched alkanes of at least 4 members (excludes halogenated alkanes) is 1. The molecule has 0 bridgehead atoms. The topological polar surface area (TPSA) is 158 Å². The minimum absolute atomic E-state index is 0.131. The summed E-state index contributed by atoms with van der Waals surface area (Å²) in [7, 11) is 1.62. The van der Waals surface area contributed by atoms with Crippen molar-refractivity contribution in [2.75, 3.05) is 20.1 Å². The molecule has 266 valence electrons. The van der Waals surface area contributed by atoms with E-state index in [1.165, 1.54) is 16.7 Å². The van der Waals surface area contributed by atoms with E-state index in [0.29, 0.717) is 61.8 Å². The normalized spacial score (nSPS) is 19.4. The number of aromatic amines is 1. The Morgan fingerprint density at radius 3 is 2.40 bits per heavy atom. The van der Waals surface area contributed by atoms with Gasteiger partial charge in [0, 0.05) is 58.5 Å². The average Bonchev–Trinajstić information content (AvgIpc) is 3.52. The molecule has 4 aromatic rings. The van der Waals surface area contributed by atoms with Crippen LogP contribution in [-0.4, -0.2) is 65.9 Å². The Morgan fingerprint density at radius 1 is 0.860 bits per heavy atom. The quantitative estimate of drug-likeness (QED) is 0.130. The number of H-pyrrole nitrogens is 1. The molecule has 3 unspecified atom stereocenters. The largest absolute Gasteiger partial charge is 0.361 e. The third kappa shape index (κ3) is 9.39. The fourth-order valence-electron chi connectivity index (χ4n) is 6.24. The van der Waals surface area contributed by atoms with E-state index >= 15 is 0 Å². The molecule has 50 heavy (non-hydrogen) atoms. The lowest BCUT2D eigenvalue weighted by atomic mass is 10.0. The molecule has 0 aliphatic carbocycles. The predicted octanol–water partition coefficient (Wildman–Crippen LogP) is 5.14. The number of benzene rings is 3. The zero-order valence-electron chi connectivity index (χ0n) is 28.1. The predicted molar refractivity (Wildman–Crippen MR) is 201 cm³/mol. The molecule has 0 spiro atoms. The lowest BCUT2D eigenvalue weighted by molar-refractivity contribution is -0.142. The molecule has 8 N–H and O–H groups in total. The SMILES string of the molecule is CN1C(=O)C(CCCCN)NC(=O)C(CCCN)NCc2ccccc2Sc2c(Cl)cc(Cl)cc2CNC(=O)C1Cc1c[nH]c2ccccc12. The van der Waals surface area contributed by atoms with Crippen LogP contribution < -0.4 is 27.4 Å². The number of hydrogen-bond acceptors (Lipinski definition) is 7. The van der Waals surface area contributed by atoms with Crippen molar-refractivity contribution < 1.29 is 14.4 Å². The molecule has 0 saturated heterocycles. The van der Waals surface area contributed by atoms with Crippen molar-refractivity contribution in [2.45, 2.75) is 79.5 Å². The first-order valence-corrected chi connectivity index (χ1v) is 18.5. The standard InChI is InChI=1S/C37H45Cl2N7O3S/c1-46-32(18-24-21-42-29-11-4-3-10-27(24)29)36(48)44-22-25-17-26(38)19-28(39)34(25)50-33-14-5-2-9-23(33)20-43-30(13-8-16-41)35(47)45-31(37(46)49)12-6-7-15-40/h2-5,9-11,14,17,19,21,30-32,42-43H,6-8,12-13,15-16,18,20,22,40-41H2,1H3,(H,44,48)(H,45,47). The summed E-state index contributed by atoms with van der Waals surface area (Å²) in [5.41, 5.74) is 15.2. The molecular weight excluding hydrogens is 693 g/mol. The van der Waals surface area contributed by atoms with Crippen molar-refractivity contribution in [1.82, 2.24) is 25.8 Å². The highest BCUT2D eigenvalue weighted by Gasteiger charge is 2.34. The van der Waals surface area contributed by atoms with Gasteiger partial charge in [0.25, 0.3) is 0 Å². The van der Waals surface area contributed by atoms with Crippen LogP contribution in [-0.2, 0) is 33.9 Å². The van der Waals surface area contributed by atoms with E-state index in [1.807, 2.05) is 54.7 Å². The van der Waals surface area contributed by atoms with Crippen LogP contribution in [0.25, 0.3) is 10.9 Å². The number of nitrogens with two attached hydrogens (primary N) is 2. The molecule has 1 aliphatic heterocycles. The van der Waals surface area contributed by atoms with Crippen LogP contribution in [0, 0.1) is 0 Å². The van der Waals surface area contributed by atoms with Crippen molar-refractivity contribution in [3.05, 3.63) is 93.6 Å². The van der Waals surface area contributed by atoms with Crippen molar-refractivity contribution in [1.29, 1.82) is 0 Å². The number of halogens is 2. The molecule has 3 aromatic carbocycles. The second-order valence-corrected chi connectivity index (χ2v) is 14.4. The highest BCUT2D eigenvalue weighted by atomic mass is 35.5. The molecule has 0 saturated carbocycles. The first-order valence-electron chi connectivity index (χ1n) is 17.0. The van der Waals surface area contributed by atoms with Gasteiger partial charge in [0.05, 0.1) is 11.1 Å². The van der Waals surface area contributed by atoms with Crippen LogP contribution in [0.4, 0.5) is 0 Å². The number of fused-ring (bicyclic) bond motifs is 3. The maximum absolute atomic E-state index is 14.4. The summed E-state index contributed by atoms with van der Waals surface area (Å²) in [6.45, 7) is 1.40. The molecule has 2 heterocycles. The minimum atomic E-state index is -0.899. The maximum Gasteiger partial charge on any atom is 0.245 e. The summed E-state index contributed by atoms with van der Waals surface area (Å²) in [6, 6.07) is 16.8. The number of rotatable bonds is 9. The van der Waals surface area contributed by atoms with Gasteiger partial charge in [-0.15, -0.1) is 0 Å². The molecule has 13 heteroatoms. The van der Waals surface area contributed by atoms with Gasteiger partial charge in [-0.25, -0.2) is 0 Å². The molecule has 0 fully saturated rings. The minimum Gasteiger partial charge on any atom is -0.361 e. The number of carbonyl (C=O) groups is 3. The highest BCUT2D eigenvalue weighted by molar-refractivity contribution is 7.99. The van der Waals surface area contributed by atoms with Gasteiger partial charge < -0.3 is 37.3 Å². The summed E-state index contributed by atoms with van der Waals surface area (Å²) in [4.78, 5) is 49.0. The van der Waals surface area contributed by atoms with E-state index in [4.69, 9.17) is 34.7 Å². The first-order chi connectivity index (χ1) is 24.2. The van der Waals surface area contributed by atoms with Gasteiger partial charge in [0.15, 0.2) is 0 Å². The number of carbonyl (C=O) groups excluding carboxylic acids is 3. The van der Waals surface area contributed by atoms with E-state index < -0.39 is 18.1 Å². The van der Waals surface area contributed by atoms with Crippen LogP contribution in [0.2, 0.25) is 10.0 Å². The Bertz CT molecular complexity index is 1800. The first kappa shape index (κ1) is 37.7. The van der Waals surface area contributed by atoms with Crippen molar-refractivity contribution >= 4 is 63.6 Å². The smallest absolute Gasteiger partial charge is 0.245 e. The van der Waals surface area contributed by atoms with Crippen LogP contribution >= 0.6 is 35.0 Å². The van der Waals surface area contributed by atoms with E-state index in [0.717, 1.165) is 37.4 Å². The van der Waals surface area contributed by atoms with Gasteiger partial charge in [-0.3, -0.25) is 14.4 Å². The monoisotopic (exact) mass is 737 g/mol. The number of nitrogens with zero attached hydrogens (tertiary/aromatic N) is 1. The highest BCUT2D eigenvalue weighted by Crippen LogP contribution is 2.39. The molecule has 5 rings (SSSR count). The second-order valence-electron chi connectivity index (χ2n) is 12.5. The lowest BCUT2D eigenvalue weighted by Gasteiger charge is -2.32. The molecular formula is C37H45Cl2N7O3S. The van der Waals surface area contributed by atoms with E-state index in [1.54, 1.807) is 19.2 Å². The zero-order valence-corrected chi connectivity index (χ0v) is 30.5. The summed E-state index contributed by atoms with van der Waals surface area (Å²) in [5.74, 6) is -1.00. The lowest BCUT2D eigenvalue weighted by Crippen LogP contribution is -2.57. The molecule has 0 radical (unpaired) electrons. The van der Waals surface area contributed by atoms with Crippen LogP contribution in [0.15, 0.2) is 76.7 Å². The number of hydrogen-bond donors (Lipinski definition) is 6. The molecule has 1 aliphatic rings. The number of likely N-dealkylation sites (N-methyl/N-ethyl adjacent to an activating group) is 1. The third-order valence-electron chi connectivity index (χ3n) is 9.04. The second kappa shape index (κ2) is 18.1. The Labute approximate surface area is 307 Å². The Morgan fingerprint density at radius 2 is 1.60 bits per heavy atom. The van der Waals surface area contributed by atoms with Crippen LogP contribution in [0.3, 0.4) is 0 Å². The summed E-state index contributed by atoms with van der Waals surface area (Å²) < 4.78 is 0. The van der Waals surface area contributed by atoms with E-state index in [2.05, 4.69) is 20.9 Å². The molecule has 1 aromatic heterocycles. The summed E-state index contributed by atoms with van der Waals surface area (Å²) in [6.07, 6.45) is 4.91. The van der Waals surface area contributed by atoms with Crippen LogP contribution in [0.5, 0.6) is 0 Å². The van der Waals surface area contributed by atoms with Gasteiger partial charge in [0.2, 0.25) is 17.7 Å². The molecule has 3 amide bonds. The van der Waals surface area contributed by atoms with Crippen molar-refractivity contribution in [3.8, 4) is 0 Å². The van der Waals surface area contributed by atoms with Crippen LogP contribution in [0.1, 0.15) is 48.8 Å². The number of aromatic nitrogens is 1. The Kier molecular flexibility index (Phi) is 13.6. The zero-order chi connectivity index (χ0) is 35.6. The summed E-state index contributed by atoms with van der Waals surface area (Å²) >= 11 is 14.8. The summed E-state index contributed by atoms with van der Waals surface area (Å²) in [5, 5.41) is 11.4. The number of para-hydroxylation sites is 1. The number of nitrogens with one attached hydrogen (secondary N) is 4. The van der Waals surface area contributed by atoms with Gasteiger partial charge in [-0.05, 0) is 86.1 Å². The average molecular weight is 739 g/mol. The van der Waals surface area contributed by atoms with E-state index in [9.17, 15) is 14.4 Å². The molecule has 3 atom stereocenters. The molecule has 10 nitrogen and oxygen atoms in total. The van der Waals surface area contributed by atoms with E-state index in [-0.39, 0.29) is 30.7 Å². The number of amides is 3. The fourth-order valence-corrected chi connectivity index (χ4v) is 7.94. The maximum atomic E-state index is 14.4. The Hall–Kier alpha value is -3.58.